The number of carbonyl (C=O) groups excluding carboxylic acids is 3. The maximum absolute atomic E-state index is 14.6. The second-order valence-corrected chi connectivity index (χ2v) is 10.9. The minimum Gasteiger partial charge on any atom is -0.493 e. The summed E-state index contributed by atoms with van der Waals surface area (Å²) in [5.74, 6) is 0.271. The molecule has 2 atom stereocenters. The van der Waals surface area contributed by atoms with Gasteiger partial charge in [-0.25, -0.2) is 4.39 Å². The third kappa shape index (κ3) is 6.25. The number of aryl methyl sites for hydroxylation is 1. The van der Waals surface area contributed by atoms with Gasteiger partial charge in [0.2, 0.25) is 5.82 Å². The predicted octanol–water partition coefficient (Wildman–Crippen LogP) is 2.25. The molecule has 0 spiro atoms. The lowest BCUT2D eigenvalue weighted by Crippen LogP contribution is -2.58. The van der Waals surface area contributed by atoms with Gasteiger partial charge in [0, 0.05) is 50.7 Å². The molecule has 226 valence electrons. The molecular formula is C30H33FN6O6. The number of piperidine rings is 1. The van der Waals surface area contributed by atoms with E-state index in [1.54, 1.807) is 23.1 Å². The Labute approximate surface area is 247 Å². The molecule has 1 aromatic heterocycles. The Balaban J connectivity index is 1.30. The van der Waals surface area contributed by atoms with Crippen LogP contribution < -0.4 is 24.8 Å². The van der Waals surface area contributed by atoms with Crippen molar-refractivity contribution in [3.05, 3.63) is 65.0 Å². The molecule has 6 rings (SSSR count). The van der Waals surface area contributed by atoms with Gasteiger partial charge >= 0.3 is 0 Å². The van der Waals surface area contributed by atoms with Gasteiger partial charge in [0.1, 0.15) is 23.5 Å². The number of methoxy groups -OCH3 is 1. The highest BCUT2D eigenvalue weighted by Gasteiger charge is 2.36. The topological polar surface area (TPSA) is 137 Å². The van der Waals surface area contributed by atoms with Crippen molar-refractivity contribution in [1.82, 2.24) is 30.3 Å². The van der Waals surface area contributed by atoms with Crippen LogP contribution in [0.1, 0.15) is 58.0 Å². The Kier molecular flexibility index (Phi) is 8.12. The molecule has 3 aliphatic rings. The number of fused-ring (bicyclic) bond motifs is 6. The molecule has 0 radical (unpaired) electrons. The summed E-state index contributed by atoms with van der Waals surface area (Å²) >= 11 is 0. The van der Waals surface area contributed by atoms with Gasteiger partial charge in [-0.05, 0) is 48.7 Å². The van der Waals surface area contributed by atoms with Crippen LogP contribution in [-0.4, -0.2) is 76.3 Å². The van der Waals surface area contributed by atoms with Crippen molar-refractivity contribution in [3.63, 3.8) is 0 Å². The van der Waals surface area contributed by atoms with Crippen LogP contribution in [0, 0.1) is 5.82 Å². The summed E-state index contributed by atoms with van der Waals surface area (Å²) < 4.78 is 33.7. The number of ether oxygens (including phenoxy) is 3. The maximum Gasteiger partial charge on any atom is 0.291 e. The Morgan fingerprint density at radius 2 is 1.98 bits per heavy atom. The summed E-state index contributed by atoms with van der Waals surface area (Å²) in [5, 5.41) is 14.2. The van der Waals surface area contributed by atoms with E-state index in [0.717, 1.165) is 31.5 Å². The third-order valence-corrected chi connectivity index (χ3v) is 7.95. The van der Waals surface area contributed by atoms with E-state index < -0.39 is 29.8 Å². The zero-order chi connectivity index (χ0) is 29.9. The first-order valence-electron chi connectivity index (χ1n) is 14.4. The Hall–Kier alpha value is -4.68. The average molecular weight is 593 g/mol. The second kappa shape index (κ2) is 12.3. The van der Waals surface area contributed by atoms with Crippen LogP contribution in [0.3, 0.4) is 0 Å². The van der Waals surface area contributed by atoms with E-state index in [-0.39, 0.29) is 42.7 Å². The number of likely N-dealkylation sites (tertiary alicyclic amines) is 1. The quantitative estimate of drug-likeness (QED) is 0.463. The van der Waals surface area contributed by atoms with E-state index in [9.17, 15) is 18.8 Å². The zero-order valence-corrected chi connectivity index (χ0v) is 23.8. The van der Waals surface area contributed by atoms with E-state index in [1.165, 1.54) is 25.3 Å². The molecule has 3 aliphatic heterocycles. The third-order valence-electron chi connectivity index (χ3n) is 7.95. The first-order chi connectivity index (χ1) is 20.9. The lowest BCUT2D eigenvalue weighted by Gasteiger charge is -2.38. The highest BCUT2D eigenvalue weighted by Crippen LogP contribution is 2.29. The molecule has 2 N–H and O–H groups in total. The fourth-order valence-corrected chi connectivity index (χ4v) is 5.72. The lowest BCUT2D eigenvalue weighted by molar-refractivity contribution is -0.123. The van der Waals surface area contributed by atoms with Gasteiger partial charge in [-0.3, -0.25) is 14.4 Å². The smallest absolute Gasteiger partial charge is 0.291 e. The molecule has 1 saturated heterocycles. The summed E-state index contributed by atoms with van der Waals surface area (Å²) in [6.07, 6.45) is 3.61. The molecule has 4 heterocycles. The number of rotatable bonds is 2. The van der Waals surface area contributed by atoms with Crippen molar-refractivity contribution < 1.29 is 33.0 Å². The molecule has 0 unspecified atom stereocenters. The minimum absolute atomic E-state index is 0.0588. The molecule has 2 aromatic carbocycles. The molecule has 1 fully saturated rings. The van der Waals surface area contributed by atoms with Crippen molar-refractivity contribution in [2.75, 3.05) is 26.8 Å². The van der Waals surface area contributed by atoms with Crippen LogP contribution in [0.15, 0.2) is 36.4 Å². The molecule has 13 heteroatoms. The molecule has 12 nitrogen and oxygen atoms in total. The summed E-state index contributed by atoms with van der Waals surface area (Å²) in [6, 6.07) is 8.24. The average Bonchev–Trinajstić information content (AvgIpc) is 3.26. The fourth-order valence-electron chi connectivity index (χ4n) is 5.72. The van der Waals surface area contributed by atoms with Gasteiger partial charge in [0.15, 0.2) is 18.1 Å². The second-order valence-electron chi connectivity index (χ2n) is 10.9. The first-order valence-corrected chi connectivity index (χ1v) is 14.4. The van der Waals surface area contributed by atoms with Gasteiger partial charge in [-0.15, -0.1) is 10.2 Å². The predicted molar refractivity (Wildman–Crippen MR) is 151 cm³/mol. The zero-order valence-electron chi connectivity index (χ0n) is 23.8. The molecule has 4 bridgehead atoms. The van der Waals surface area contributed by atoms with E-state index >= 15 is 0 Å². The SMILES string of the molecule is COc1ccc2cc1OCC(=O)NCc1cc(F)cc(c1)O[C@@H]1CCN(C(=O)c3nnc4n3CCCCC4)C[C@@H]1NC2=O. The highest BCUT2D eigenvalue weighted by molar-refractivity contribution is 5.95. The number of nitrogens with zero attached hydrogens (tertiary/aromatic N) is 4. The van der Waals surface area contributed by atoms with Crippen LogP contribution in [0.2, 0.25) is 0 Å². The Morgan fingerprint density at radius 1 is 1.09 bits per heavy atom. The number of benzene rings is 2. The van der Waals surface area contributed by atoms with Gasteiger partial charge in [-0.2, -0.15) is 0 Å². The van der Waals surface area contributed by atoms with E-state index in [1.807, 2.05) is 4.57 Å². The largest absolute Gasteiger partial charge is 0.493 e. The van der Waals surface area contributed by atoms with Crippen molar-refractivity contribution in [3.8, 4) is 17.2 Å². The molecular weight excluding hydrogens is 559 g/mol. The summed E-state index contributed by atoms with van der Waals surface area (Å²) in [4.78, 5) is 41.3. The number of hydrogen-bond acceptors (Lipinski definition) is 8. The van der Waals surface area contributed by atoms with Gasteiger partial charge < -0.3 is 34.3 Å². The van der Waals surface area contributed by atoms with E-state index in [4.69, 9.17) is 14.2 Å². The maximum atomic E-state index is 14.6. The van der Waals surface area contributed by atoms with Crippen molar-refractivity contribution in [2.24, 2.45) is 0 Å². The highest BCUT2D eigenvalue weighted by atomic mass is 19.1. The van der Waals surface area contributed by atoms with Crippen LogP contribution in [0.4, 0.5) is 4.39 Å². The number of hydrogen-bond donors (Lipinski definition) is 2. The normalized spacial score (nSPS) is 20.7. The fraction of sp³-hybridized carbons (Fsp3) is 0.433. The summed E-state index contributed by atoms with van der Waals surface area (Å²) in [6.45, 7) is 0.900. The molecule has 0 aliphatic carbocycles. The van der Waals surface area contributed by atoms with E-state index in [2.05, 4.69) is 20.8 Å². The molecule has 3 aromatic rings. The standard InChI is InChI=1S/C30H33FN6O6/c1-41-24-7-6-19-13-25(24)42-17-27(38)32-15-18-11-20(31)14-21(12-18)43-23-8-10-36(16-22(23)33-29(19)39)30(40)28-35-34-26-5-3-2-4-9-37(26)28/h6-7,11-14,22-23H,2-5,8-10,15-17H2,1H3,(H,32,38)(H,33,39)/t22-,23+/m0/s1. The summed E-state index contributed by atoms with van der Waals surface area (Å²) in [7, 11) is 1.46. The Morgan fingerprint density at radius 3 is 2.84 bits per heavy atom. The molecule has 43 heavy (non-hydrogen) atoms. The number of amides is 3. The van der Waals surface area contributed by atoms with E-state index in [0.29, 0.717) is 36.6 Å². The number of nitrogens with one attached hydrogen (secondary N) is 2. The number of carbonyl (C=O) groups is 3. The first kappa shape index (κ1) is 28.4. The Bertz CT molecular complexity index is 1540. The van der Waals surface area contributed by atoms with Crippen LogP contribution in [0.25, 0.3) is 0 Å². The molecule has 0 saturated carbocycles. The van der Waals surface area contributed by atoms with Crippen molar-refractivity contribution in [2.45, 2.75) is 57.3 Å². The number of halogens is 1. The van der Waals surface area contributed by atoms with Crippen molar-refractivity contribution in [1.29, 1.82) is 0 Å². The van der Waals surface area contributed by atoms with Gasteiger partial charge in [0.05, 0.1) is 13.2 Å². The van der Waals surface area contributed by atoms with Crippen molar-refractivity contribution >= 4 is 17.7 Å². The van der Waals surface area contributed by atoms with Gasteiger partial charge in [-0.1, -0.05) is 6.42 Å². The minimum atomic E-state index is -0.637. The van der Waals surface area contributed by atoms with Gasteiger partial charge in [0.25, 0.3) is 17.7 Å². The molecule has 3 amide bonds. The summed E-state index contributed by atoms with van der Waals surface area (Å²) in [5.41, 5.74) is 0.761. The van der Waals surface area contributed by atoms with Crippen LogP contribution in [-0.2, 0) is 24.3 Å². The lowest BCUT2D eigenvalue weighted by atomic mass is 10.0. The van der Waals surface area contributed by atoms with Crippen LogP contribution in [0.5, 0.6) is 17.2 Å². The number of aromatic nitrogens is 3. The monoisotopic (exact) mass is 592 g/mol. The van der Waals surface area contributed by atoms with Crippen LogP contribution >= 0.6 is 0 Å².